The van der Waals surface area contributed by atoms with E-state index in [2.05, 4.69) is 37.1 Å². The van der Waals surface area contributed by atoms with Crippen LogP contribution < -0.4 is 0 Å². The van der Waals surface area contributed by atoms with E-state index in [4.69, 9.17) is 5.11 Å². The van der Waals surface area contributed by atoms with Crippen molar-refractivity contribution in [3.63, 3.8) is 0 Å². The van der Waals surface area contributed by atoms with E-state index >= 15 is 0 Å². The Kier molecular flexibility index (Phi) is 6.12. The van der Waals surface area contributed by atoms with E-state index < -0.39 is 6.10 Å². The molecule has 0 aliphatic rings. The van der Waals surface area contributed by atoms with Gasteiger partial charge in [-0.3, -0.25) is 4.90 Å². The van der Waals surface area contributed by atoms with E-state index in [0.29, 0.717) is 12.5 Å². The minimum Gasteiger partial charge on any atom is -0.394 e. The highest BCUT2D eigenvalue weighted by Gasteiger charge is 2.14. The Balaban J connectivity index is 2.60. The fourth-order valence-electron chi connectivity index (χ4n) is 1.84. The monoisotopic (exact) mass is 257 g/mol. The van der Waals surface area contributed by atoms with Crippen molar-refractivity contribution >= 4 is 11.3 Å². The molecule has 0 saturated carbocycles. The van der Waals surface area contributed by atoms with Crippen LogP contribution in [0, 0.1) is 12.8 Å². The number of hydrogen-bond acceptors (Lipinski definition) is 4. The zero-order valence-electron chi connectivity index (χ0n) is 10.9. The average molecular weight is 257 g/mol. The molecule has 17 heavy (non-hydrogen) atoms. The molecule has 1 aromatic rings. The zero-order chi connectivity index (χ0) is 12.8. The molecule has 0 fully saturated rings. The summed E-state index contributed by atoms with van der Waals surface area (Å²) in [6.45, 7) is 8.61. The number of thiophene rings is 1. The third kappa shape index (κ3) is 5.17. The molecule has 4 heteroatoms. The summed E-state index contributed by atoms with van der Waals surface area (Å²) in [5, 5.41) is 20.6. The Morgan fingerprint density at radius 3 is 2.53 bits per heavy atom. The van der Waals surface area contributed by atoms with Crippen LogP contribution in [0.4, 0.5) is 0 Å². The number of aliphatic hydroxyl groups excluding tert-OH is 2. The normalized spacial score (nSPS) is 13.6. The second-order valence-corrected chi connectivity index (χ2v) is 5.95. The van der Waals surface area contributed by atoms with Crippen LogP contribution in [0.5, 0.6) is 0 Å². The van der Waals surface area contributed by atoms with E-state index in [1.54, 1.807) is 11.3 Å². The molecule has 0 aromatic carbocycles. The zero-order valence-corrected chi connectivity index (χ0v) is 11.7. The van der Waals surface area contributed by atoms with Gasteiger partial charge in [0.15, 0.2) is 0 Å². The topological polar surface area (TPSA) is 43.7 Å². The van der Waals surface area contributed by atoms with Crippen molar-refractivity contribution in [2.24, 2.45) is 5.92 Å². The maximum Gasteiger partial charge on any atom is 0.0897 e. The maximum atomic E-state index is 9.55. The van der Waals surface area contributed by atoms with Crippen LogP contribution in [0.25, 0.3) is 0 Å². The molecule has 0 spiro atoms. The van der Waals surface area contributed by atoms with Gasteiger partial charge in [-0.25, -0.2) is 0 Å². The smallest absolute Gasteiger partial charge is 0.0897 e. The van der Waals surface area contributed by atoms with Gasteiger partial charge in [-0.15, -0.1) is 11.3 Å². The van der Waals surface area contributed by atoms with Gasteiger partial charge in [-0.05, 0) is 29.9 Å². The van der Waals surface area contributed by atoms with Crippen molar-refractivity contribution < 1.29 is 10.2 Å². The molecule has 1 rings (SSSR count). The molecule has 0 amide bonds. The molecule has 0 unspecified atom stereocenters. The first-order chi connectivity index (χ1) is 8.02. The fraction of sp³-hybridized carbons (Fsp3) is 0.692. The van der Waals surface area contributed by atoms with Gasteiger partial charge in [-0.2, -0.15) is 0 Å². The van der Waals surface area contributed by atoms with E-state index in [1.807, 2.05) is 0 Å². The second-order valence-electron chi connectivity index (χ2n) is 4.95. The molecule has 98 valence electrons. The van der Waals surface area contributed by atoms with Gasteiger partial charge in [0, 0.05) is 24.5 Å². The van der Waals surface area contributed by atoms with Crippen LogP contribution in [0.3, 0.4) is 0 Å². The quantitative estimate of drug-likeness (QED) is 0.784. The highest BCUT2D eigenvalue weighted by Crippen LogP contribution is 2.18. The van der Waals surface area contributed by atoms with Gasteiger partial charge in [-0.1, -0.05) is 13.8 Å². The number of nitrogens with zero attached hydrogens (tertiary/aromatic N) is 1. The van der Waals surface area contributed by atoms with Crippen LogP contribution in [0.1, 0.15) is 24.3 Å². The summed E-state index contributed by atoms with van der Waals surface area (Å²) >= 11 is 1.75. The van der Waals surface area contributed by atoms with Gasteiger partial charge in [0.25, 0.3) is 0 Å². The average Bonchev–Trinajstić information content (AvgIpc) is 2.63. The molecule has 3 nitrogen and oxygen atoms in total. The summed E-state index contributed by atoms with van der Waals surface area (Å²) in [5.74, 6) is 0.557. The lowest BCUT2D eigenvalue weighted by Gasteiger charge is -2.25. The predicted molar refractivity (Wildman–Crippen MR) is 72.3 cm³/mol. The minimum absolute atomic E-state index is 0.169. The highest BCUT2D eigenvalue weighted by atomic mass is 32.1. The molecule has 0 radical (unpaired) electrons. The first-order valence-electron chi connectivity index (χ1n) is 6.07. The van der Waals surface area contributed by atoms with Crippen molar-refractivity contribution in [1.29, 1.82) is 0 Å². The van der Waals surface area contributed by atoms with Crippen molar-refractivity contribution in [1.82, 2.24) is 4.90 Å². The lowest BCUT2D eigenvalue weighted by atomic mass is 10.2. The van der Waals surface area contributed by atoms with E-state index in [0.717, 1.165) is 13.1 Å². The SMILES string of the molecule is Cc1ccsc1CN(CC(C)C)C[C@H](O)CO. The Bertz CT molecular complexity index is 325. The number of rotatable bonds is 7. The van der Waals surface area contributed by atoms with Gasteiger partial charge in [0.1, 0.15) is 0 Å². The molecule has 0 aliphatic carbocycles. The molecule has 0 saturated heterocycles. The molecular weight excluding hydrogens is 234 g/mol. The van der Waals surface area contributed by atoms with Crippen LogP contribution in [0.2, 0.25) is 0 Å². The van der Waals surface area contributed by atoms with Crippen LogP contribution in [0.15, 0.2) is 11.4 Å². The molecule has 0 aliphatic heterocycles. The predicted octanol–water partition coefficient (Wildman–Crippen LogP) is 1.87. The Morgan fingerprint density at radius 2 is 2.06 bits per heavy atom. The largest absolute Gasteiger partial charge is 0.394 e. The van der Waals surface area contributed by atoms with Crippen molar-refractivity contribution in [2.45, 2.75) is 33.4 Å². The van der Waals surface area contributed by atoms with Crippen LogP contribution >= 0.6 is 11.3 Å². The number of aryl methyl sites for hydroxylation is 1. The molecule has 1 heterocycles. The maximum absolute atomic E-state index is 9.55. The lowest BCUT2D eigenvalue weighted by molar-refractivity contribution is 0.0533. The van der Waals surface area contributed by atoms with Gasteiger partial charge in [0.2, 0.25) is 0 Å². The van der Waals surface area contributed by atoms with E-state index in [1.165, 1.54) is 10.4 Å². The molecule has 2 N–H and O–H groups in total. The molecule has 0 bridgehead atoms. The van der Waals surface area contributed by atoms with Gasteiger partial charge in [0.05, 0.1) is 12.7 Å². The van der Waals surface area contributed by atoms with Crippen molar-refractivity contribution in [2.75, 3.05) is 19.7 Å². The van der Waals surface area contributed by atoms with Crippen molar-refractivity contribution in [3.05, 3.63) is 21.9 Å². The third-order valence-corrected chi connectivity index (χ3v) is 3.65. The van der Waals surface area contributed by atoms with Crippen molar-refractivity contribution in [3.8, 4) is 0 Å². The molecule has 1 aromatic heterocycles. The molecule has 1 atom stereocenters. The Morgan fingerprint density at radius 1 is 1.35 bits per heavy atom. The van der Waals surface area contributed by atoms with E-state index in [9.17, 15) is 5.11 Å². The summed E-state index contributed by atoms with van der Waals surface area (Å²) in [5.41, 5.74) is 1.31. The summed E-state index contributed by atoms with van der Waals surface area (Å²) < 4.78 is 0. The third-order valence-electron chi connectivity index (χ3n) is 2.64. The first-order valence-corrected chi connectivity index (χ1v) is 6.95. The summed E-state index contributed by atoms with van der Waals surface area (Å²) in [6, 6.07) is 2.12. The fourth-order valence-corrected chi connectivity index (χ4v) is 2.79. The Hall–Kier alpha value is -0.420. The van der Waals surface area contributed by atoms with Crippen LogP contribution in [-0.4, -0.2) is 40.9 Å². The van der Waals surface area contributed by atoms with Gasteiger partial charge >= 0.3 is 0 Å². The molecular formula is C13H23NO2S. The van der Waals surface area contributed by atoms with E-state index in [-0.39, 0.29) is 6.61 Å². The number of aliphatic hydroxyl groups is 2. The summed E-state index contributed by atoms with van der Waals surface area (Å²) in [4.78, 5) is 3.56. The van der Waals surface area contributed by atoms with Gasteiger partial charge < -0.3 is 10.2 Å². The summed E-state index contributed by atoms with van der Waals surface area (Å²) in [6.07, 6.45) is -0.644. The van der Waals surface area contributed by atoms with Crippen LogP contribution in [-0.2, 0) is 6.54 Å². The standard InChI is InChI=1S/C13H23NO2S/c1-10(2)6-14(7-12(16)9-15)8-13-11(3)4-5-17-13/h4-5,10,12,15-16H,6-9H2,1-3H3/t12-/m0/s1. The lowest BCUT2D eigenvalue weighted by Crippen LogP contribution is -2.36. The number of hydrogen-bond donors (Lipinski definition) is 2. The first kappa shape index (κ1) is 14.6. The summed E-state index contributed by atoms with van der Waals surface area (Å²) in [7, 11) is 0. The highest BCUT2D eigenvalue weighted by molar-refractivity contribution is 7.10. The minimum atomic E-state index is -0.644. The second kappa shape index (κ2) is 7.11. The Labute approximate surface area is 108 Å².